The Labute approximate surface area is 174 Å². The SMILES string of the molecule is COc1ccc(S(=O)(=O)CN(c2cccnc2)c2c(C)cccc2C(=O)NO)cc1. The fourth-order valence-corrected chi connectivity index (χ4v) is 4.39. The number of carbonyl (C=O) groups excluding carboxylic acids is 1. The molecule has 1 heterocycles. The molecule has 0 saturated heterocycles. The summed E-state index contributed by atoms with van der Waals surface area (Å²) in [4.78, 5) is 17.9. The van der Waals surface area contributed by atoms with Crippen molar-refractivity contribution in [3.8, 4) is 5.75 Å². The Kier molecular flexibility index (Phi) is 6.34. The summed E-state index contributed by atoms with van der Waals surface area (Å²) in [7, 11) is -2.30. The van der Waals surface area contributed by atoms with Gasteiger partial charge in [-0.05, 0) is 55.0 Å². The Morgan fingerprint density at radius 2 is 1.87 bits per heavy atom. The zero-order valence-corrected chi connectivity index (χ0v) is 17.3. The number of benzene rings is 2. The summed E-state index contributed by atoms with van der Waals surface area (Å²) in [6.07, 6.45) is 3.08. The average molecular weight is 427 g/mol. The van der Waals surface area contributed by atoms with Crippen LogP contribution in [0.4, 0.5) is 11.4 Å². The lowest BCUT2D eigenvalue weighted by molar-refractivity contribution is 0.0707. The smallest absolute Gasteiger partial charge is 0.276 e. The first-order valence-electron chi connectivity index (χ1n) is 8.96. The summed E-state index contributed by atoms with van der Waals surface area (Å²) in [6.45, 7) is 1.76. The maximum absolute atomic E-state index is 13.2. The molecule has 0 bridgehead atoms. The van der Waals surface area contributed by atoms with Crippen molar-refractivity contribution >= 4 is 27.1 Å². The van der Waals surface area contributed by atoms with Crippen molar-refractivity contribution in [3.63, 3.8) is 0 Å². The summed E-state index contributed by atoms with van der Waals surface area (Å²) in [6, 6.07) is 14.4. The summed E-state index contributed by atoms with van der Waals surface area (Å²) < 4.78 is 31.5. The lowest BCUT2D eigenvalue weighted by Crippen LogP contribution is -2.29. The van der Waals surface area contributed by atoms with E-state index in [9.17, 15) is 13.2 Å². The molecule has 2 N–H and O–H groups in total. The number of anilines is 2. The summed E-state index contributed by atoms with van der Waals surface area (Å²) >= 11 is 0. The summed E-state index contributed by atoms with van der Waals surface area (Å²) in [5.41, 5.74) is 3.24. The quantitative estimate of drug-likeness (QED) is 0.440. The molecule has 156 valence electrons. The molecule has 0 aliphatic rings. The Morgan fingerprint density at radius 1 is 1.13 bits per heavy atom. The van der Waals surface area contributed by atoms with Gasteiger partial charge in [-0.3, -0.25) is 15.0 Å². The first kappa shape index (κ1) is 21.3. The van der Waals surface area contributed by atoms with Gasteiger partial charge < -0.3 is 9.64 Å². The van der Waals surface area contributed by atoms with Crippen molar-refractivity contribution in [2.75, 3.05) is 17.9 Å². The maximum atomic E-state index is 13.2. The minimum absolute atomic E-state index is 0.110. The number of ether oxygens (including phenoxy) is 1. The second-order valence-corrected chi connectivity index (χ2v) is 8.43. The molecule has 0 atom stereocenters. The number of carbonyl (C=O) groups is 1. The van der Waals surface area contributed by atoms with E-state index in [1.54, 1.807) is 55.0 Å². The zero-order valence-electron chi connectivity index (χ0n) is 16.4. The number of sulfone groups is 1. The first-order chi connectivity index (χ1) is 14.4. The molecule has 30 heavy (non-hydrogen) atoms. The van der Waals surface area contributed by atoms with Crippen molar-refractivity contribution < 1.29 is 23.2 Å². The predicted molar refractivity (Wildman–Crippen MR) is 112 cm³/mol. The highest BCUT2D eigenvalue weighted by Gasteiger charge is 2.26. The molecule has 3 aromatic rings. The minimum Gasteiger partial charge on any atom is -0.497 e. The van der Waals surface area contributed by atoms with Crippen molar-refractivity contribution in [2.24, 2.45) is 0 Å². The lowest BCUT2D eigenvalue weighted by Gasteiger charge is -2.28. The van der Waals surface area contributed by atoms with E-state index in [-0.39, 0.29) is 10.5 Å². The van der Waals surface area contributed by atoms with Crippen LogP contribution in [-0.2, 0) is 9.84 Å². The van der Waals surface area contributed by atoms with Gasteiger partial charge in [0, 0.05) is 6.20 Å². The van der Waals surface area contributed by atoms with E-state index in [1.165, 1.54) is 36.4 Å². The third-order valence-corrected chi connectivity index (χ3v) is 6.12. The van der Waals surface area contributed by atoms with Gasteiger partial charge in [-0.25, -0.2) is 13.9 Å². The molecule has 0 saturated carbocycles. The van der Waals surface area contributed by atoms with Gasteiger partial charge in [0.2, 0.25) is 0 Å². The van der Waals surface area contributed by atoms with Crippen LogP contribution in [0.3, 0.4) is 0 Å². The van der Waals surface area contributed by atoms with Gasteiger partial charge in [-0.15, -0.1) is 0 Å². The van der Waals surface area contributed by atoms with E-state index in [0.717, 1.165) is 0 Å². The lowest BCUT2D eigenvalue weighted by atomic mass is 10.1. The maximum Gasteiger partial charge on any atom is 0.276 e. The normalized spacial score (nSPS) is 11.0. The molecular formula is C21H21N3O5S. The van der Waals surface area contributed by atoms with Crippen LogP contribution in [0.5, 0.6) is 5.75 Å². The Morgan fingerprint density at radius 3 is 2.47 bits per heavy atom. The van der Waals surface area contributed by atoms with Crippen molar-refractivity contribution in [1.82, 2.24) is 10.5 Å². The minimum atomic E-state index is -3.80. The van der Waals surface area contributed by atoms with Gasteiger partial charge in [-0.2, -0.15) is 0 Å². The average Bonchev–Trinajstić information content (AvgIpc) is 2.77. The number of nitrogens with zero attached hydrogens (tertiary/aromatic N) is 2. The zero-order chi connectivity index (χ0) is 21.7. The van der Waals surface area contributed by atoms with Gasteiger partial charge in [0.15, 0.2) is 9.84 Å². The number of hydrogen-bond donors (Lipinski definition) is 2. The second kappa shape index (κ2) is 8.93. The van der Waals surface area contributed by atoms with E-state index in [1.807, 2.05) is 0 Å². The fourth-order valence-electron chi connectivity index (χ4n) is 3.07. The summed E-state index contributed by atoms with van der Waals surface area (Å²) in [5.74, 6) is -0.648. The second-order valence-electron chi connectivity index (χ2n) is 6.47. The monoisotopic (exact) mass is 427 g/mol. The van der Waals surface area contributed by atoms with E-state index in [4.69, 9.17) is 9.94 Å². The number of amides is 1. The molecule has 0 fully saturated rings. The van der Waals surface area contributed by atoms with Crippen LogP contribution in [0.15, 0.2) is 71.9 Å². The summed E-state index contributed by atoms with van der Waals surface area (Å²) in [5, 5.41) is 9.16. The van der Waals surface area contributed by atoms with Gasteiger partial charge in [-0.1, -0.05) is 12.1 Å². The molecule has 1 aromatic heterocycles. The third kappa shape index (κ3) is 4.42. The molecule has 0 radical (unpaired) electrons. The Hall–Kier alpha value is -3.43. The van der Waals surface area contributed by atoms with Crippen LogP contribution in [-0.4, -0.2) is 37.5 Å². The topological polar surface area (TPSA) is 109 Å². The van der Waals surface area contributed by atoms with E-state index >= 15 is 0 Å². The van der Waals surface area contributed by atoms with Gasteiger partial charge in [0.1, 0.15) is 11.6 Å². The largest absolute Gasteiger partial charge is 0.497 e. The van der Waals surface area contributed by atoms with Crippen molar-refractivity contribution in [1.29, 1.82) is 0 Å². The molecule has 3 rings (SSSR count). The number of aromatic nitrogens is 1. The van der Waals surface area contributed by atoms with Gasteiger partial charge >= 0.3 is 0 Å². The third-order valence-electron chi connectivity index (χ3n) is 4.53. The molecule has 2 aromatic carbocycles. The highest BCUT2D eigenvalue weighted by atomic mass is 32.2. The molecule has 1 amide bonds. The number of aryl methyl sites for hydroxylation is 1. The number of rotatable bonds is 7. The van der Waals surface area contributed by atoms with E-state index in [0.29, 0.717) is 22.7 Å². The number of para-hydroxylation sites is 1. The van der Waals surface area contributed by atoms with Crippen LogP contribution in [0.2, 0.25) is 0 Å². The number of hydrogen-bond acceptors (Lipinski definition) is 7. The number of nitrogens with one attached hydrogen (secondary N) is 1. The van der Waals surface area contributed by atoms with Crippen molar-refractivity contribution in [3.05, 3.63) is 78.1 Å². The fraction of sp³-hybridized carbons (Fsp3) is 0.143. The number of pyridine rings is 1. The standard InChI is InChI=1S/C21H21N3O5S/c1-15-5-3-7-19(21(25)23-26)20(15)24(16-6-4-12-22-13-16)14-30(27,28)18-10-8-17(29-2)9-11-18/h3-13,26H,14H2,1-2H3,(H,23,25). The number of hydroxylamine groups is 1. The van der Waals surface area contributed by atoms with Gasteiger partial charge in [0.05, 0.1) is 35.1 Å². The van der Waals surface area contributed by atoms with Crippen LogP contribution in [0.25, 0.3) is 0 Å². The van der Waals surface area contributed by atoms with Gasteiger partial charge in [0.25, 0.3) is 5.91 Å². The highest BCUT2D eigenvalue weighted by Crippen LogP contribution is 2.33. The van der Waals surface area contributed by atoms with Crippen molar-refractivity contribution in [2.45, 2.75) is 11.8 Å². The molecule has 0 spiro atoms. The first-order valence-corrected chi connectivity index (χ1v) is 10.6. The van der Waals surface area contributed by atoms with Crippen LogP contribution < -0.4 is 15.1 Å². The molecule has 9 heteroatoms. The number of methoxy groups -OCH3 is 1. The Bertz CT molecular complexity index is 1130. The van der Waals surface area contributed by atoms with Crippen LogP contribution in [0, 0.1) is 6.92 Å². The van der Waals surface area contributed by atoms with E-state index in [2.05, 4.69) is 4.98 Å². The molecule has 8 nitrogen and oxygen atoms in total. The molecule has 0 unspecified atom stereocenters. The van der Waals surface area contributed by atoms with Crippen LogP contribution in [0.1, 0.15) is 15.9 Å². The molecular weight excluding hydrogens is 406 g/mol. The molecule has 0 aliphatic carbocycles. The Balaban J connectivity index is 2.13. The van der Waals surface area contributed by atoms with Crippen LogP contribution >= 0.6 is 0 Å². The predicted octanol–water partition coefficient (Wildman–Crippen LogP) is 3.09. The molecule has 0 aliphatic heterocycles. The highest BCUT2D eigenvalue weighted by molar-refractivity contribution is 7.91. The van der Waals surface area contributed by atoms with E-state index < -0.39 is 21.6 Å².